The molecule has 1 heterocycles. The molecular weight excluding hydrogens is 274 g/mol. The van der Waals surface area contributed by atoms with E-state index in [-0.39, 0.29) is 22.5 Å². The number of amides is 1. The maximum Gasteiger partial charge on any atom is 0.337 e. The van der Waals surface area contributed by atoms with Crippen molar-refractivity contribution in [2.75, 3.05) is 18.2 Å². The average Bonchev–Trinajstić information content (AvgIpc) is 2.47. The molecule has 0 atom stereocenters. The molecule has 7 nitrogen and oxygen atoms in total. The topological polar surface area (TPSA) is 115 Å². The van der Waals surface area contributed by atoms with Crippen LogP contribution < -0.4 is 15.8 Å². The van der Waals surface area contributed by atoms with E-state index in [2.05, 4.69) is 10.3 Å². The molecule has 0 aliphatic carbocycles. The summed E-state index contributed by atoms with van der Waals surface area (Å²) in [5.74, 6) is -1.04. The van der Waals surface area contributed by atoms with Gasteiger partial charge in [0.25, 0.3) is 5.91 Å². The number of carboxylic acids is 1. The van der Waals surface area contributed by atoms with Crippen molar-refractivity contribution >= 4 is 23.3 Å². The fourth-order valence-corrected chi connectivity index (χ4v) is 1.70. The number of aromatic carboxylic acids is 1. The van der Waals surface area contributed by atoms with Crippen LogP contribution in [0.2, 0.25) is 0 Å². The first kappa shape index (κ1) is 14.3. The standard InChI is InChI=1S/C14H13N3O4/c1-21-10-2-3-11(12(15)5-10)13(18)17-9-4-8(14(19)20)6-16-7-9/h2-7H,15H2,1H3,(H,17,18)(H,19,20). The number of hydrogen-bond donors (Lipinski definition) is 3. The smallest absolute Gasteiger partial charge is 0.337 e. The number of rotatable bonds is 4. The first-order valence-corrected chi connectivity index (χ1v) is 5.94. The van der Waals surface area contributed by atoms with Crippen molar-refractivity contribution in [3.05, 3.63) is 47.8 Å². The largest absolute Gasteiger partial charge is 0.497 e. The van der Waals surface area contributed by atoms with Crippen molar-refractivity contribution in [2.45, 2.75) is 0 Å². The van der Waals surface area contributed by atoms with Gasteiger partial charge in [0.2, 0.25) is 0 Å². The van der Waals surface area contributed by atoms with Crippen LogP contribution in [0.1, 0.15) is 20.7 Å². The number of pyridine rings is 1. The van der Waals surface area contributed by atoms with Gasteiger partial charge in [-0.15, -0.1) is 0 Å². The summed E-state index contributed by atoms with van der Waals surface area (Å²) in [4.78, 5) is 26.7. The van der Waals surface area contributed by atoms with E-state index in [1.165, 1.54) is 37.7 Å². The molecule has 0 saturated heterocycles. The molecule has 0 bridgehead atoms. The number of methoxy groups -OCH3 is 1. The van der Waals surface area contributed by atoms with Gasteiger partial charge in [-0.05, 0) is 18.2 Å². The van der Waals surface area contributed by atoms with Crippen molar-refractivity contribution < 1.29 is 19.4 Å². The van der Waals surface area contributed by atoms with Gasteiger partial charge in [-0.1, -0.05) is 0 Å². The number of hydrogen-bond acceptors (Lipinski definition) is 5. The summed E-state index contributed by atoms with van der Waals surface area (Å²) in [5, 5.41) is 11.4. The second kappa shape index (κ2) is 5.91. The zero-order valence-electron chi connectivity index (χ0n) is 11.2. The molecule has 21 heavy (non-hydrogen) atoms. The fraction of sp³-hybridized carbons (Fsp3) is 0.0714. The number of nitrogens with two attached hydrogens (primary N) is 1. The number of carboxylic acid groups (broad SMARTS) is 1. The zero-order chi connectivity index (χ0) is 15.4. The van der Waals surface area contributed by atoms with E-state index in [1.54, 1.807) is 6.07 Å². The summed E-state index contributed by atoms with van der Waals surface area (Å²) in [6, 6.07) is 5.98. The van der Waals surface area contributed by atoms with Crippen LogP contribution in [-0.2, 0) is 0 Å². The van der Waals surface area contributed by atoms with Gasteiger partial charge < -0.3 is 20.9 Å². The number of ether oxygens (including phenoxy) is 1. The Bertz CT molecular complexity index is 700. The summed E-state index contributed by atoms with van der Waals surface area (Å²) in [7, 11) is 1.50. The highest BCUT2D eigenvalue weighted by molar-refractivity contribution is 6.08. The van der Waals surface area contributed by atoms with Crippen molar-refractivity contribution in [2.24, 2.45) is 0 Å². The molecule has 1 aromatic carbocycles. The predicted molar refractivity (Wildman–Crippen MR) is 76.6 cm³/mol. The lowest BCUT2D eigenvalue weighted by atomic mass is 10.1. The zero-order valence-corrected chi connectivity index (χ0v) is 11.2. The van der Waals surface area contributed by atoms with Crippen LogP contribution in [0.25, 0.3) is 0 Å². The number of nitrogens with one attached hydrogen (secondary N) is 1. The molecule has 0 saturated carbocycles. The minimum Gasteiger partial charge on any atom is -0.497 e. The minimum atomic E-state index is -1.12. The molecule has 1 aromatic heterocycles. The summed E-state index contributed by atoms with van der Waals surface area (Å²) < 4.78 is 5.00. The van der Waals surface area contributed by atoms with Crippen LogP contribution in [-0.4, -0.2) is 29.1 Å². The van der Waals surface area contributed by atoms with E-state index < -0.39 is 11.9 Å². The molecule has 0 aliphatic heterocycles. The van der Waals surface area contributed by atoms with Crippen LogP contribution in [0.15, 0.2) is 36.7 Å². The maximum atomic E-state index is 12.1. The highest BCUT2D eigenvalue weighted by Gasteiger charge is 2.12. The third-order valence-corrected chi connectivity index (χ3v) is 2.75. The molecule has 4 N–H and O–H groups in total. The lowest BCUT2D eigenvalue weighted by molar-refractivity contribution is 0.0696. The molecule has 2 rings (SSSR count). The van der Waals surface area contributed by atoms with Gasteiger partial charge in [-0.3, -0.25) is 9.78 Å². The van der Waals surface area contributed by atoms with Crippen molar-refractivity contribution in [1.82, 2.24) is 4.98 Å². The van der Waals surface area contributed by atoms with Crippen molar-refractivity contribution in [1.29, 1.82) is 0 Å². The van der Waals surface area contributed by atoms with Crippen LogP contribution >= 0.6 is 0 Å². The number of benzene rings is 1. The number of nitrogens with zero attached hydrogens (tertiary/aromatic N) is 1. The Morgan fingerprint density at radius 2 is 2.05 bits per heavy atom. The lowest BCUT2D eigenvalue weighted by Gasteiger charge is -2.09. The third kappa shape index (κ3) is 3.27. The molecule has 0 radical (unpaired) electrons. The van der Waals surface area contributed by atoms with E-state index >= 15 is 0 Å². The van der Waals surface area contributed by atoms with Gasteiger partial charge in [0.1, 0.15) is 5.75 Å². The summed E-state index contributed by atoms with van der Waals surface area (Å²) >= 11 is 0. The number of carbonyl (C=O) groups is 2. The lowest BCUT2D eigenvalue weighted by Crippen LogP contribution is -2.14. The van der Waals surface area contributed by atoms with Gasteiger partial charge in [0.15, 0.2) is 0 Å². The average molecular weight is 287 g/mol. The predicted octanol–water partition coefficient (Wildman–Crippen LogP) is 1.62. The van der Waals surface area contributed by atoms with Gasteiger partial charge >= 0.3 is 5.97 Å². The SMILES string of the molecule is COc1ccc(C(=O)Nc2cncc(C(=O)O)c2)c(N)c1. The highest BCUT2D eigenvalue weighted by atomic mass is 16.5. The molecular formula is C14H13N3O4. The minimum absolute atomic E-state index is 0.0181. The van der Waals surface area contributed by atoms with E-state index in [9.17, 15) is 9.59 Å². The Hall–Kier alpha value is -3.09. The third-order valence-electron chi connectivity index (χ3n) is 2.75. The maximum absolute atomic E-state index is 12.1. The summed E-state index contributed by atoms with van der Waals surface area (Å²) in [6.07, 6.45) is 2.55. The van der Waals surface area contributed by atoms with Gasteiger partial charge in [-0.2, -0.15) is 0 Å². The molecule has 0 fully saturated rings. The summed E-state index contributed by atoms with van der Waals surface area (Å²) in [6.45, 7) is 0. The molecule has 2 aromatic rings. The van der Waals surface area contributed by atoms with E-state index in [4.69, 9.17) is 15.6 Å². The first-order valence-electron chi connectivity index (χ1n) is 5.94. The van der Waals surface area contributed by atoms with E-state index in [0.717, 1.165) is 0 Å². The normalized spacial score (nSPS) is 9.95. The molecule has 7 heteroatoms. The Balaban J connectivity index is 2.22. The van der Waals surface area contributed by atoms with E-state index in [1.807, 2.05) is 0 Å². The number of anilines is 2. The number of aromatic nitrogens is 1. The van der Waals surface area contributed by atoms with Gasteiger partial charge in [-0.25, -0.2) is 4.79 Å². The van der Waals surface area contributed by atoms with Gasteiger partial charge in [0, 0.05) is 18.0 Å². The molecule has 108 valence electrons. The monoisotopic (exact) mass is 287 g/mol. The Morgan fingerprint density at radius 3 is 2.67 bits per heavy atom. The molecule has 0 unspecified atom stereocenters. The quantitative estimate of drug-likeness (QED) is 0.736. The van der Waals surface area contributed by atoms with Gasteiger partial charge in [0.05, 0.1) is 30.1 Å². The van der Waals surface area contributed by atoms with Crippen LogP contribution in [0, 0.1) is 0 Å². The second-order valence-electron chi connectivity index (χ2n) is 4.17. The van der Waals surface area contributed by atoms with Crippen molar-refractivity contribution in [3.63, 3.8) is 0 Å². The van der Waals surface area contributed by atoms with Crippen LogP contribution in [0.5, 0.6) is 5.75 Å². The Morgan fingerprint density at radius 1 is 1.29 bits per heavy atom. The summed E-state index contributed by atoms with van der Waals surface area (Å²) in [5.41, 5.74) is 6.55. The molecule has 1 amide bonds. The highest BCUT2D eigenvalue weighted by Crippen LogP contribution is 2.21. The Kier molecular flexibility index (Phi) is 4.03. The van der Waals surface area contributed by atoms with Crippen LogP contribution in [0.3, 0.4) is 0 Å². The first-order chi connectivity index (χ1) is 10.0. The molecule has 0 aliphatic rings. The Labute approximate surface area is 120 Å². The van der Waals surface area contributed by atoms with E-state index in [0.29, 0.717) is 5.75 Å². The number of nitrogen functional groups attached to an aromatic ring is 1. The molecule has 0 spiro atoms. The van der Waals surface area contributed by atoms with Crippen LogP contribution in [0.4, 0.5) is 11.4 Å². The van der Waals surface area contributed by atoms with Crippen molar-refractivity contribution in [3.8, 4) is 5.75 Å². The second-order valence-corrected chi connectivity index (χ2v) is 4.17. The number of carbonyl (C=O) groups excluding carboxylic acids is 1. The fourth-order valence-electron chi connectivity index (χ4n) is 1.70.